The lowest BCUT2D eigenvalue weighted by Gasteiger charge is -2.21. The van der Waals surface area contributed by atoms with Crippen LogP contribution >= 0.6 is 0 Å². The molecule has 0 amide bonds. The van der Waals surface area contributed by atoms with E-state index in [1.54, 1.807) is 0 Å². The molecule has 0 saturated carbocycles. The molecule has 6 heteroatoms. The molecule has 0 bridgehead atoms. The van der Waals surface area contributed by atoms with Crippen LogP contribution < -0.4 is 0 Å². The number of aromatic nitrogens is 6. The fraction of sp³-hybridized carbons (Fsp3) is 0.0441. The Hall–Kier alpha value is -9.65. The molecule has 0 saturated heterocycles. The summed E-state index contributed by atoms with van der Waals surface area (Å²) in [5.74, 6) is 1.89. The average Bonchev–Trinajstić information content (AvgIpc) is 4.16. The monoisotopic (exact) mass is 946 g/mol. The average molecular weight is 947 g/mol. The highest BCUT2D eigenvalue weighted by Gasteiger charge is 2.41. The first kappa shape index (κ1) is 42.1. The van der Waals surface area contributed by atoms with Crippen LogP contribution in [-0.4, -0.2) is 28.7 Å². The summed E-state index contributed by atoms with van der Waals surface area (Å²) in [5, 5.41) is 6.06. The number of fused-ring (bicyclic) bond motifs is 11. The van der Waals surface area contributed by atoms with E-state index >= 15 is 0 Å². The van der Waals surface area contributed by atoms with Crippen molar-refractivity contribution in [2.24, 2.45) is 0 Å². The minimum Gasteiger partial charge on any atom is -0.309 e. The Morgan fingerprint density at radius 2 is 0.743 bits per heavy atom. The van der Waals surface area contributed by atoms with Gasteiger partial charge < -0.3 is 13.7 Å². The van der Waals surface area contributed by atoms with Crippen molar-refractivity contribution >= 4 is 54.5 Å². The van der Waals surface area contributed by atoms with Gasteiger partial charge in [0, 0.05) is 71.7 Å². The Morgan fingerprint density at radius 3 is 1.39 bits per heavy atom. The molecule has 15 rings (SSSR count). The first-order chi connectivity index (χ1) is 36.5. The van der Waals surface area contributed by atoms with Crippen molar-refractivity contribution in [2.75, 3.05) is 0 Å². The van der Waals surface area contributed by atoms with Crippen molar-refractivity contribution in [3.8, 4) is 73.6 Å². The van der Waals surface area contributed by atoms with Crippen LogP contribution in [0.4, 0.5) is 0 Å². The summed E-state index contributed by atoms with van der Waals surface area (Å²) in [6.45, 7) is 4.77. The molecular weight excluding hydrogens is 901 g/mol. The molecule has 1 aliphatic carbocycles. The smallest absolute Gasteiger partial charge is 0.164 e. The van der Waals surface area contributed by atoms with E-state index in [1.165, 1.54) is 71.4 Å². The second-order valence-electron chi connectivity index (χ2n) is 20.0. The second kappa shape index (κ2) is 16.2. The van der Waals surface area contributed by atoms with Gasteiger partial charge in [-0.1, -0.05) is 178 Å². The molecule has 14 aromatic rings. The normalized spacial score (nSPS) is 12.8. The lowest BCUT2D eigenvalue weighted by Crippen LogP contribution is -2.14. The first-order valence-corrected chi connectivity index (χ1v) is 25.4. The summed E-state index contributed by atoms with van der Waals surface area (Å²) in [7, 11) is 0. The van der Waals surface area contributed by atoms with Crippen molar-refractivity contribution in [3.05, 3.63) is 254 Å². The maximum Gasteiger partial charge on any atom is 0.164 e. The van der Waals surface area contributed by atoms with E-state index in [1.807, 2.05) is 36.4 Å². The van der Waals surface area contributed by atoms with Crippen LogP contribution in [0.1, 0.15) is 25.0 Å². The van der Waals surface area contributed by atoms with Gasteiger partial charge in [-0.2, -0.15) is 0 Å². The first-order valence-electron chi connectivity index (χ1n) is 25.4. The van der Waals surface area contributed by atoms with E-state index in [0.29, 0.717) is 17.5 Å². The molecule has 6 nitrogen and oxygen atoms in total. The number of rotatable bonds is 7. The lowest BCUT2D eigenvalue weighted by molar-refractivity contribution is 0.666. The Labute approximate surface area is 427 Å². The quantitative estimate of drug-likeness (QED) is 0.160. The Bertz CT molecular complexity index is 4490. The zero-order valence-electron chi connectivity index (χ0n) is 40.8. The van der Waals surface area contributed by atoms with E-state index in [4.69, 9.17) is 15.0 Å². The van der Waals surface area contributed by atoms with Gasteiger partial charge in [-0.3, -0.25) is 0 Å². The summed E-state index contributed by atoms with van der Waals surface area (Å²) >= 11 is 0. The molecular formula is C68H46N6. The molecule has 348 valence electrons. The highest BCUT2D eigenvalue weighted by molar-refractivity contribution is 6.17. The van der Waals surface area contributed by atoms with Crippen LogP contribution in [0, 0.1) is 0 Å². The maximum atomic E-state index is 5.16. The topological polar surface area (TPSA) is 53.5 Å². The highest BCUT2D eigenvalue weighted by atomic mass is 15.0. The molecule has 0 fully saturated rings. The van der Waals surface area contributed by atoms with Crippen LogP contribution in [-0.2, 0) is 5.41 Å². The number of para-hydroxylation sites is 3. The van der Waals surface area contributed by atoms with Gasteiger partial charge in [0.15, 0.2) is 17.5 Å². The van der Waals surface area contributed by atoms with Gasteiger partial charge in [-0.15, -0.1) is 0 Å². The van der Waals surface area contributed by atoms with Crippen molar-refractivity contribution in [1.29, 1.82) is 0 Å². The summed E-state index contributed by atoms with van der Waals surface area (Å²) in [5.41, 5.74) is 19.3. The van der Waals surface area contributed by atoms with Gasteiger partial charge in [-0.25, -0.2) is 15.0 Å². The van der Waals surface area contributed by atoms with E-state index in [0.717, 1.165) is 50.3 Å². The third-order valence-corrected chi connectivity index (χ3v) is 15.4. The third-order valence-electron chi connectivity index (χ3n) is 15.4. The molecule has 1 aliphatic rings. The molecule has 0 atom stereocenters. The van der Waals surface area contributed by atoms with Gasteiger partial charge >= 0.3 is 0 Å². The number of nitrogens with zero attached hydrogens (tertiary/aromatic N) is 6. The molecule has 4 heterocycles. The molecule has 0 aliphatic heterocycles. The van der Waals surface area contributed by atoms with Crippen molar-refractivity contribution in [1.82, 2.24) is 28.7 Å². The Balaban J connectivity index is 0.989. The van der Waals surface area contributed by atoms with Crippen LogP contribution in [0.5, 0.6) is 0 Å². The van der Waals surface area contributed by atoms with Crippen molar-refractivity contribution in [2.45, 2.75) is 19.3 Å². The van der Waals surface area contributed by atoms with Gasteiger partial charge in [-0.05, 0) is 101 Å². The van der Waals surface area contributed by atoms with Gasteiger partial charge in [0.25, 0.3) is 0 Å². The van der Waals surface area contributed by atoms with Crippen molar-refractivity contribution < 1.29 is 0 Å². The number of hydrogen-bond donors (Lipinski definition) is 0. The van der Waals surface area contributed by atoms with Crippen molar-refractivity contribution in [3.63, 3.8) is 0 Å². The standard InChI is InChI=1S/C68H46N6/c1-68(2)57-32-17-15-31-52(57)64-63(68)56-42-61-55(41-62(56)74(64)49-27-13-6-14-28-49)54-40-46(45-34-36-59-53(39-45)51-30-16-18-33-58(51)72(59)48-25-11-5-12-26-48)35-37-60(54)73(61)50-29-19-24-47(38-50)67-70-65(43-20-7-3-8-21-43)69-66(71-67)44-22-9-4-10-23-44/h3-42H,1-2H3. The second-order valence-corrected chi connectivity index (χ2v) is 20.0. The lowest BCUT2D eigenvalue weighted by atomic mass is 9.81. The molecule has 4 aromatic heterocycles. The predicted molar refractivity (Wildman–Crippen MR) is 305 cm³/mol. The van der Waals surface area contributed by atoms with E-state index in [9.17, 15) is 0 Å². The molecule has 0 N–H and O–H groups in total. The molecule has 74 heavy (non-hydrogen) atoms. The highest BCUT2D eigenvalue weighted by Crippen LogP contribution is 2.55. The van der Waals surface area contributed by atoms with Crippen LogP contribution in [0.25, 0.3) is 128 Å². The summed E-state index contributed by atoms with van der Waals surface area (Å²) in [6.07, 6.45) is 0. The Morgan fingerprint density at radius 1 is 0.297 bits per heavy atom. The van der Waals surface area contributed by atoms with Crippen LogP contribution in [0.3, 0.4) is 0 Å². The third kappa shape index (κ3) is 6.34. The number of hydrogen-bond acceptors (Lipinski definition) is 3. The minimum atomic E-state index is -0.240. The van der Waals surface area contributed by atoms with Crippen LogP contribution in [0.15, 0.2) is 243 Å². The maximum absolute atomic E-state index is 5.16. The summed E-state index contributed by atoms with van der Waals surface area (Å²) < 4.78 is 7.34. The van der Waals surface area contributed by atoms with Gasteiger partial charge in [0.2, 0.25) is 0 Å². The zero-order valence-corrected chi connectivity index (χ0v) is 40.8. The largest absolute Gasteiger partial charge is 0.309 e. The fourth-order valence-electron chi connectivity index (χ4n) is 12.1. The van der Waals surface area contributed by atoms with Gasteiger partial charge in [0.05, 0.1) is 33.3 Å². The van der Waals surface area contributed by atoms with Crippen LogP contribution in [0.2, 0.25) is 0 Å². The summed E-state index contributed by atoms with van der Waals surface area (Å²) in [6, 6.07) is 87.3. The fourth-order valence-corrected chi connectivity index (χ4v) is 12.1. The molecule has 10 aromatic carbocycles. The number of benzene rings is 10. The van der Waals surface area contributed by atoms with Gasteiger partial charge in [0.1, 0.15) is 0 Å². The van der Waals surface area contributed by atoms with E-state index < -0.39 is 0 Å². The van der Waals surface area contributed by atoms with E-state index in [2.05, 4.69) is 234 Å². The SMILES string of the molecule is CC1(C)c2ccccc2-c2c1c1cc3c(cc1n2-c1ccccc1)c1cc(-c2ccc4c(c2)c2ccccc2n4-c2ccccc2)ccc1n3-c1cccc(-c2nc(-c3ccccc3)nc(-c3ccccc3)n2)c1. The van der Waals surface area contributed by atoms with E-state index in [-0.39, 0.29) is 5.41 Å². The Kier molecular flexibility index (Phi) is 9.20. The molecule has 0 spiro atoms. The summed E-state index contributed by atoms with van der Waals surface area (Å²) in [4.78, 5) is 15.3. The predicted octanol–water partition coefficient (Wildman–Crippen LogP) is 17.0. The molecule has 0 unspecified atom stereocenters. The minimum absolute atomic E-state index is 0.240. The zero-order chi connectivity index (χ0) is 49.1. The molecule has 0 radical (unpaired) electrons.